The van der Waals surface area contributed by atoms with E-state index < -0.39 is 0 Å². The third-order valence-corrected chi connectivity index (χ3v) is 3.36. The molecule has 0 amide bonds. The predicted octanol–water partition coefficient (Wildman–Crippen LogP) is 3.02. The highest BCUT2D eigenvalue weighted by Crippen LogP contribution is 2.30. The third kappa shape index (κ3) is 3.35. The Morgan fingerprint density at radius 3 is 2.94 bits per heavy atom. The van der Waals surface area contributed by atoms with E-state index in [4.69, 9.17) is 10.2 Å². The van der Waals surface area contributed by atoms with Gasteiger partial charge in [0.05, 0.1) is 6.20 Å². The summed E-state index contributed by atoms with van der Waals surface area (Å²) in [5.41, 5.74) is 8.37. The topological polar surface area (TPSA) is 52.0 Å². The van der Waals surface area contributed by atoms with Crippen LogP contribution in [-0.2, 0) is 6.42 Å². The highest BCUT2D eigenvalue weighted by Gasteiger charge is 2.09. The molecule has 0 aliphatic carbocycles. The molecule has 1 aromatic heterocycles. The third-order valence-electron chi connectivity index (χ3n) is 2.36. The second kappa shape index (κ2) is 5.38. The van der Waals surface area contributed by atoms with E-state index in [1.54, 1.807) is 12.5 Å². The van der Waals surface area contributed by atoms with Crippen LogP contribution in [0.4, 0.5) is 0 Å². The first-order valence-electron chi connectivity index (χ1n) is 5.57. The molecule has 2 aromatic rings. The maximum atomic E-state index is 5.87. The molecule has 90 valence electrons. The predicted molar refractivity (Wildman–Crippen MR) is 69.2 cm³/mol. The van der Waals surface area contributed by atoms with Crippen LogP contribution in [0.5, 0.6) is 0 Å². The van der Waals surface area contributed by atoms with Crippen LogP contribution in [-0.4, -0.2) is 11.0 Å². The molecule has 0 saturated heterocycles. The molecular weight excluding hydrogens is 232 g/mol. The number of hydrogen-bond acceptors (Lipinski definition) is 4. The van der Waals surface area contributed by atoms with E-state index in [0.717, 1.165) is 11.3 Å². The molecular formula is C13H16N2OS. The molecule has 0 radical (unpaired) electrons. The van der Waals surface area contributed by atoms with Gasteiger partial charge in [0.15, 0.2) is 0 Å². The van der Waals surface area contributed by atoms with Crippen molar-refractivity contribution in [3.8, 4) is 0 Å². The summed E-state index contributed by atoms with van der Waals surface area (Å²) in [7, 11) is 0. The van der Waals surface area contributed by atoms with Gasteiger partial charge in [-0.1, -0.05) is 17.7 Å². The molecule has 4 heteroatoms. The Bertz CT molecular complexity index is 480. The number of nitrogens with zero attached hydrogens (tertiary/aromatic N) is 1. The lowest BCUT2D eigenvalue weighted by atomic mass is 10.1. The lowest BCUT2D eigenvalue weighted by Crippen LogP contribution is -2.18. The van der Waals surface area contributed by atoms with Crippen LogP contribution < -0.4 is 5.73 Å². The van der Waals surface area contributed by atoms with E-state index in [0.29, 0.717) is 5.22 Å². The van der Waals surface area contributed by atoms with Crippen LogP contribution in [0, 0.1) is 6.92 Å². The number of rotatable bonds is 4. The summed E-state index contributed by atoms with van der Waals surface area (Å²) in [6.07, 6.45) is 4.11. The van der Waals surface area contributed by atoms with Crippen molar-refractivity contribution in [3.05, 3.63) is 41.8 Å². The SMILES string of the molecule is Cc1ccc(Sc2ncco2)c(CC(C)N)c1. The molecule has 0 aliphatic heterocycles. The van der Waals surface area contributed by atoms with Gasteiger partial charge < -0.3 is 10.2 Å². The van der Waals surface area contributed by atoms with Crippen LogP contribution in [0.1, 0.15) is 18.1 Å². The van der Waals surface area contributed by atoms with Crippen molar-refractivity contribution in [1.82, 2.24) is 4.98 Å². The van der Waals surface area contributed by atoms with Gasteiger partial charge in [-0.3, -0.25) is 0 Å². The number of benzene rings is 1. The zero-order valence-corrected chi connectivity index (χ0v) is 10.8. The van der Waals surface area contributed by atoms with Gasteiger partial charge in [0, 0.05) is 10.9 Å². The lowest BCUT2D eigenvalue weighted by Gasteiger charge is -2.11. The Labute approximate surface area is 105 Å². The van der Waals surface area contributed by atoms with E-state index in [1.165, 1.54) is 22.9 Å². The average molecular weight is 248 g/mol. The first kappa shape index (κ1) is 12.2. The van der Waals surface area contributed by atoms with E-state index in [9.17, 15) is 0 Å². The summed E-state index contributed by atoms with van der Waals surface area (Å²) in [6.45, 7) is 4.10. The highest BCUT2D eigenvalue weighted by atomic mass is 32.2. The Hall–Kier alpha value is -1.26. The second-order valence-electron chi connectivity index (χ2n) is 4.19. The monoisotopic (exact) mass is 248 g/mol. The van der Waals surface area contributed by atoms with E-state index in [1.807, 2.05) is 6.92 Å². The molecule has 1 aromatic carbocycles. The second-order valence-corrected chi connectivity index (χ2v) is 5.19. The molecule has 0 bridgehead atoms. The molecule has 1 heterocycles. The largest absolute Gasteiger partial charge is 0.440 e. The smallest absolute Gasteiger partial charge is 0.260 e. The van der Waals surface area contributed by atoms with Crippen LogP contribution in [0.3, 0.4) is 0 Å². The molecule has 2 rings (SSSR count). The number of aromatic nitrogens is 1. The van der Waals surface area contributed by atoms with Crippen LogP contribution in [0.15, 0.2) is 45.2 Å². The Balaban J connectivity index is 2.25. The summed E-state index contributed by atoms with van der Waals surface area (Å²) in [6, 6.07) is 6.52. The molecule has 3 nitrogen and oxygen atoms in total. The standard InChI is InChI=1S/C13H16N2OS/c1-9-3-4-12(11(7-9)8-10(2)14)17-13-15-5-6-16-13/h3-7,10H,8,14H2,1-2H3. The van der Waals surface area contributed by atoms with Gasteiger partial charge in [0.25, 0.3) is 5.22 Å². The van der Waals surface area contributed by atoms with Crippen LogP contribution in [0.25, 0.3) is 0 Å². The fraction of sp³-hybridized carbons (Fsp3) is 0.308. The van der Waals surface area contributed by atoms with Crippen molar-refractivity contribution < 1.29 is 4.42 Å². The zero-order valence-electron chi connectivity index (χ0n) is 10.0. The number of hydrogen-bond donors (Lipinski definition) is 1. The Morgan fingerprint density at radius 1 is 1.47 bits per heavy atom. The Kier molecular flexibility index (Phi) is 3.86. The van der Waals surface area contributed by atoms with Crippen molar-refractivity contribution in [1.29, 1.82) is 0 Å². The zero-order chi connectivity index (χ0) is 12.3. The molecule has 17 heavy (non-hydrogen) atoms. The summed E-state index contributed by atoms with van der Waals surface area (Å²) >= 11 is 1.54. The first-order chi connectivity index (χ1) is 8.15. The summed E-state index contributed by atoms with van der Waals surface area (Å²) in [4.78, 5) is 5.28. The van der Waals surface area contributed by atoms with E-state index >= 15 is 0 Å². The fourth-order valence-electron chi connectivity index (χ4n) is 1.67. The normalized spacial score (nSPS) is 12.6. The van der Waals surface area contributed by atoms with Gasteiger partial charge in [-0.05, 0) is 43.7 Å². The Morgan fingerprint density at radius 2 is 2.29 bits per heavy atom. The fourth-order valence-corrected chi connectivity index (χ4v) is 2.48. The molecule has 0 saturated carbocycles. The van der Waals surface area contributed by atoms with Gasteiger partial charge in [-0.25, -0.2) is 4.98 Å². The quantitative estimate of drug-likeness (QED) is 0.903. The minimum Gasteiger partial charge on any atom is -0.440 e. The van der Waals surface area contributed by atoms with Gasteiger partial charge in [-0.2, -0.15) is 0 Å². The van der Waals surface area contributed by atoms with E-state index in [-0.39, 0.29) is 6.04 Å². The molecule has 0 spiro atoms. The van der Waals surface area contributed by atoms with Crippen molar-refractivity contribution in [3.63, 3.8) is 0 Å². The molecule has 0 aliphatic rings. The van der Waals surface area contributed by atoms with Gasteiger partial charge in [0.2, 0.25) is 0 Å². The van der Waals surface area contributed by atoms with Crippen LogP contribution >= 0.6 is 11.8 Å². The van der Waals surface area contributed by atoms with Crippen molar-refractivity contribution in [2.75, 3.05) is 0 Å². The van der Waals surface area contributed by atoms with E-state index in [2.05, 4.69) is 30.1 Å². The minimum absolute atomic E-state index is 0.153. The lowest BCUT2D eigenvalue weighted by molar-refractivity contribution is 0.454. The van der Waals surface area contributed by atoms with Crippen molar-refractivity contribution >= 4 is 11.8 Å². The number of aryl methyl sites for hydroxylation is 1. The summed E-state index contributed by atoms with van der Waals surface area (Å²) < 4.78 is 5.25. The molecule has 0 fully saturated rings. The van der Waals surface area contributed by atoms with Gasteiger partial charge >= 0.3 is 0 Å². The molecule has 2 N–H and O–H groups in total. The maximum absolute atomic E-state index is 5.87. The van der Waals surface area contributed by atoms with Crippen molar-refractivity contribution in [2.24, 2.45) is 5.73 Å². The van der Waals surface area contributed by atoms with Gasteiger partial charge in [-0.15, -0.1) is 0 Å². The summed E-state index contributed by atoms with van der Waals surface area (Å²) in [5, 5.41) is 0.666. The van der Waals surface area contributed by atoms with Crippen molar-refractivity contribution in [2.45, 2.75) is 36.4 Å². The summed E-state index contributed by atoms with van der Waals surface area (Å²) in [5.74, 6) is 0. The number of nitrogens with two attached hydrogens (primary N) is 1. The molecule has 1 unspecified atom stereocenters. The highest BCUT2D eigenvalue weighted by molar-refractivity contribution is 7.99. The molecule has 1 atom stereocenters. The first-order valence-corrected chi connectivity index (χ1v) is 6.39. The average Bonchev–Trinajstić information content (AvgIpc) is 2.74. The minimum atomic E-state index is 0.153. The number of oxazole rings is 1. The maximum Gasteiger partial charge on any atom is 0.260 e. The van der Waals surface area contributed by atoms with Gasteiger partial charge in [0.1, 0.15) is 6.26 Å². The van der Waals surface area contributed by atoms with Crippen LogP contribution in [0.2, 0.25) is 0 Å².